The van der Waals surface area contributed by atoms with Crippen LogP contribution in [0.25, 0.3) is 11.3 Å². The Morgan fingerprint density at radius 2 is 1.73 bits per heavy atom. The zero-order chi connectivity index (χ0) is 20.3. The van der Waals surface area contributed by atoms with Crippen LogP contribution in [0.5, 0.6) is 0 Å². The normalized spacial score (nSPS) is 25.2. The highest BCUT2D eigenvalue weighted by Gasteiger charge is 2.47. The number of hydrogen-bond donors (Lipinski definition) is 2. The molecular formula is C23H23FN4O2. The summed E-state index contributed by atoms with van der Waals surface area (Å²) in [5.41, 5.74) is 2.61. The molecule has 3 heterocycles. The van der Waals surface area contributed by atoms with Crippen molar-refractivity contribution in [2.24, 2.45) is 0 Å². The molecular weight excluding hydrogens is 383 g/mol. The van der Waals surface area contributed by atoms with Gasteiger partial charge in [0.05, 0.1) is 31.0 Å². The van der Waals surface area contributed by atoms with E-state index in [0.29, 0.717) is 30.4 Å². The van der Waals surface area contributed by atoms with Gasteiger partial charge in [0.1, 0.15) is 18.0 Å². The van der Waals surface area contributed by atoms with Gasteiger partial charge in [0.2, 0.25) is 5.95 Å². The molecule has 154 valence electrons. The predicted molar refractivity (Wildman–Crippen MR) is 111 cm³/mol. The number of hydrogen-bond acceptors (Lipinski definition) is 6. The lowest BCUT2D eigenvalue weighted by molar-refractivity contribution is 0.0675. The lowest BCUT2D eigenvalue weighted by Crippen LogP contribution is -2.41. The molecule has 0 radical (unpaired) electrons. The first-order chi connectivity index (χ1) is 14.8. The van der Waals surface area contributed by atoms with E-state index in [1.165, 1.54) is 17.7 Å². The van der Waals surface area contributed by atoms with E-state index >= 15 is 0 Å². The molecule has 30 heavy (non-hydrogen) atoms. The van der Waals surface area contributed by atoms with Crippen molar-refractivity contribution in [3.63, 3.8) is 0 Å². The van der Waals surface area contributed by atoms with E-state index in [9.17, 15) is 4.39 Å². The Kier molecular flexibility index (Phi) is 5.40. The van der Waals surface area contributed by atoms with Crippen LogP contribution in [0.15, 0.2) is 66.9 Å². The summed E-state index contributed by atoms with van der Waals surface area (Å²) in [5.74, 6) is 0.191. The molecule has 2 saturated heterocycles. The van der Waals surface area contributed by atoms with Crippen LogP contribution in [0, 0.1) is 5.82 Å². The van der Waals surface area contributed by atoms with E-state index in [0.717, 1.165) is 6.54 Å². The summed E-state index contributed by atoms with van der Waals surface area (Å²) in [4.78, 5) is 8.86. The Morgan fingerprint density at radius 3 is 2.57 bits per heavy atom. The van der Waals surface area contributed by atoms with Crippen LogP contribution in [0.1, 0.15) is 5.56 Å². The Hall–Kier alpha value is -2.87. The van der Waals surface area contributed by atoms with Gasteiger partial charge in [-0.1, -0.05) is 42.5 Å². The zero-order valence-corrected chi connectivity index (χ0v) is 16.4. The van der Waals surface area contributed by atoms with E-state index in [1.807, 2.05) is 24.3 Å². The lowest BCUT2D eigenvalue weighted by atomic mass is 10.1. The third-order valence-electron chi connectivity index (χ3n) is 5.56. The molecule has 6 nitrogen and oxygen atoms in total. The van der Waals surface area contributed by atoms with Crippen LogP contribution >= 0.6 is 0 Å². The lowest BCUT2D eigenvalue weighted by Gasteiger charge is -2.18. The SMILES string of the molecule is Fc1cccc(-c2ccnc(N[C@H]3CO[C@H]4[C@@H]3OC[C@@H]4NCc3ccccc3)n2)c1. The first kappa shape index (κ1) is 19.1. The van der Waals surface area contributed by atoms with Crippen molar-refractivity contribution in [3.8, 4) is 11.3 Å². The van der Waals surface area contributed by atoms with E-state index in [4.69, 9.17) is 9.47 Å². The van der Waals surface area contributed by atoms with Gasteiger partial charge < -0.3 is 20.1 Å². The van der Waals surface area contributed by atoms with Crippen molar-refractivity contribution in [2.45, 2.75) is 30.8 Å². The molecule has 0 unspecified atom stereocenters. The highest BCUT2D eigenvalue weighted by molar-refractivity contribution is 5.60. The molecule has 1 aromatic heterocycles. The van der Waals surface area contributed by atoms with Crippen LogP contribution in [-0.2, 0) is 16.0 Å². The van der Waals surface area contributed by atoms with Crippen molar-refractivity contribution in [2.75, 3.05) is 18.5 Å². The Labute approximate surface area is 174 Å². The van der Waals surface area contributed by atoms with Gasteiger partial charge in [-0.25, -0.2) is 14.4 Å². The molecule has 2 fully saturated rings. The monoisotopic (exact) mass is 406 g/mol. The average molecular weight is 406 g/mol. The second kappa shape index (κ2) is 8.47. The maximum absolute atomic E-state index is 13.5. The van der Waals surface area contributed by atoms with Gasteiger partial charge in [-0.2, -0.15) is 0 Å². The molecule has 2 aliphatic heterocycles. The third-order valence-corrected chi connectivity index (χ3v) is 5.56. The van der Waals surface area contributed by atoms with Crippen LogP contribution in [0.3, 0.4) is 0 Å². The fourth-order valence-electron chi connectivity index (χ4n) is 4.05. The number of nitrogens with zero attached hydrogens (tertiary/aromatic N) is 2. The number of rotatable bonds is 6. The standard InChI is InChI=1S/C23H23FN4O2/c24-17-8-4-7-16(11-17)18-9-10-25-23(27-18)28-20-14-30-21-19(13-29-22(20)21)26-12-15-5-2-1-3-6-15/h1-11,19-22,26H,12-14H2,(H,25,27,28)/t19-,20-,21+,22+/m0/s1. The van der Waals surface area contributed by atoms with Crippen molar-refractivity contribution in [1.82, 2.24) is 15.3 Å². The molecule has 5 rings (SSSR count). The number of halogens is 1. The second-order valence-corrected chi connectivity index (χ2v) is 7.60. The Morgan fingerprint density at radius 1 is 0.933 bits per heavy atom. The molecule has 0 saturated carbocycles. The molecule has 2 aromatic carbocycles. The van der Waals surface area contributed by atoms with Crippen LogP contribution < -0.4 is 10.6 Å². The largest absolute Gasteiger partial charge is 0.371 e. The fraction of sp³-hybridized carbons (Fsp3) is 0.304. The maximum Gasteiger partial charge on any atom is 0.223 e. The van der Waals surface area contributed by atoms with Crippen LogP contribution in [-0.4, -0.2) is 47.5 Å². The zero-order valence-electron chi connectivity index (χ0n) is 16.4. The summed E-state index contributed by atoms with van der Waals surface area (Å²) in [6, 6.07) is 18.5. The topological polar surface area (TPSA) is 68.3 Å². The van der Waals surface area contributed by atoms with E-state index < -0.39 is 0 Å². The minimum absolute atomic E-state index is 0.0161. The van der Waals surface area contributed by atoms with Gasteiger partial charge in [0.15, 0.2) is 0 Å². The van der Waals surface area contributed by atoms with Gasteiger partial charge in [-0.3, -0.25) is 0 Å². The van der Waals surface area contributed by atoms with Crippen molar-refractivity contribution in [3.05, 3.63) is 78.2 Å². The molecule has 4 atom stereocenters. The summed E-state index contributed by atoms with van der Waals surface area (Å²) in [7, 11) is 0. The molecule has 2 N–H and O–H groups in total. The number of anilines is 1. The molecule has 0 amide bonds. The van der Waals surface area contributed by atoms with Gasteiger partial charge in [0, 0.05) is 18.3 Å². The summed E-state index contributed by atoms with van der Waals surface area (Å²) < 4.78 is 25.6. The smallest absolute Gasteiger partial charge is 0.223 e. The Bertz CT molecular complexity index is 1000. The summed E-state index contributed by atoms with van der Waals surface area (Å²) in [6.07, 6.45) is 1.58. The fourth-order valence-corrected chi connectivity index (χ4v) is 4.05. The Balaban J connectivity index is 1.23. The third kappa shape index (κ3) is 4.05. The minimum Gasteiger partial charge on any atom is -0.371 e. The molecule has 0 spiro atoms. The van der Waals surface area contributed by atoms with Gasteiger partial charge in [0.25, 0.3) is 0 Å². The first-order valence-electron chi connectivity index (χ1n) is 10.1. The van der Waals surface area contributed by atoms with Crippen LogP contribution in [0.4, 0.5) is 10.3 Å². The maximum atomic E-state index is 13.5. The highest BCUT2D eigenvalue weighted by atomic mass is 19.1. The second-order valence-electron chi connectivity index (χ2n) is 7.60. The summed E-state index contributed by atoms with van der Waals surface area (Å²) >= 11 is 0. The van der Waals surface area contributed by atoms with E-state index in [2.05, 4.69) is 32.7 Å². The van der Waals surface area contributed by atoms with Gasteiger partial charge in [-0.15, -0.1) is 0 Å². The van der Waals surface area contributed by atoms with Gasteiger partial charge in [-0.05, 0) is 23.8 Å². The van der Waals surface area contributed by atoms with Crippen molar-refractivity contribution in [1.29, 1.82) is 0 Å². The summed E-state index contributed by atoms with van der Waals surface area (Å²) in [5, 5.41) is 6.88. The summed E-state index contributed by atoms with van der Waals surface area (Å²) in [6.45, 7) is 1.90. The molecule has 3 aromatic rings. The highest BCUT2D eigenvalue weighted by Crippen LogP contribution is 2.29. The molecule has 7 heteroatoms. The predicted octanol–water partition coefficient (Wildman–Crippen LogP) is 3.02. The molecule has 2 aliphatic rings. The first-order valence-corrected chi connectivity index (χ1v) is 10.1. The average Bonchev–Trinajstić information content (AvgIpc) is 3.36. The van der Waals surface area contributed by atoms with E-state index in [1.54, 1.807) is 18.3 Å². The molecule has 0 bridgehead atoms. The number of benzene rings is 2. The number of ether oxygens (including phenoxy) is 2. The quantitative estimate of drug-likeness (QED) is 0.656. The molecule has 0 aliphatic carbocycles. The van der Waals surface area contributed by atoms with Gasteiger partial charge >= 0.3 is 0 Å². The van der Waals surface area contributed by atoms with E-state index in [-0.39, 0.29) is 30.1 Å². The minimum atomic E-state index is -0.291. The van der Waals surface area contributed by atoms with Crippen molar-refractivity contribution < 1.29 is 13.9 Å². The number of fused-ring (bicyclic) bond motifs is 1. The van der Waals surface area contributed by atoms with Crippen LogP contribution in [0.2, 0.25) is 0 Å². The number of nitrogens with one attached hydrogen (secondary N) is 2. The number of aromatic nitrogens is 2. The van der Waals surface area contributed by atoms with Crippen molar-refractivity contribution >= 4 is 5.95 Å².